The van der Waals surface area contributed by atoms with E-state index in [1.54, 1.807) is 13.8 Å². The van der Waals surface area contributed by atoms with Gasteiger partial charge in [0.2, 0.25) is 0 Å². The van der Waals surface area contributed by atoms with E-state index in [1.807, 2.05) is 30.3 Å². The molecule has 2 aromatic carbocycles. The molecule has 0 atom stereocenters. The molecule has 0 fully saturated rings. The predicted octanol–water partition coefficient (Wildman–Crippen LogP) is 5.33. The van der Waals surface area contributed by atoms with Crippen molar-refractivity contribution in [1.82, 2.24) is 0 Å². The van der Waals surface area contributed by atoms with Gasteiger partial charge in [0.15, 0.2) is 0 Å². The van der Waals surface area contributed by atoms with Gasteiger partial charge in [0, 0.05) is 6.61 Å². The molecule has 0 unspecified atom stereocenters. The smallest absolute Gasteiger partial charge is 0.342 e. The van der Waals surface area contributed by atoms with Gasteiger partial charge >= 0.3 is 11.9 Å². The van der Waals surface area contributed by atoms with Crippen LogP contribution in [0.2, 0.25) is 0 Å². The molecule has 0 saturated carbocycles. The van der Waals surface area contributed by atoms with Gasteiger partial charge in [-0.2, -0.15) is 0 Å². The Morgan fingerprint density at radius 1 is 0.735 bits per heavy atom. The van der Waals surface area contributed by atoms with Crippen LogP contribution in [-0.2, 0) is 16.1 Å². The van der Waals surface area contributed by atoms with Gasteiger partial charge in [0.25, 0.3) is 0 Å². The molecule has 2 aromatic rings. The maximum atomic E-state index is 12.6. The van der Waals surface area contributed by atoms with E-state index >= 15 is 0 Å². The van der Waals surface area contributed by atoms with Crippen LogP contribution in [0.15, 0.2) is 42.5 Å². The lowest BCUT2D eigenvalue weighted by Crippen LogP contribution is -2.13. The van der Waals surface area contributed by atoms with Crippen LogP contribution in [0.25, 0.3) is 0 Å². The summed E-state index contributed by atoms with van der Waals surface area (Å²) in [7, 11) is 0. The number of carbonyl (C=O) groups is 2. The van der Waals surface area contributed by atoms with Crippen LogP contribution in [0.4, 0.5) is 0 Å². The second-order valence-corrected chi connectivity index (χ2v) is 7.75. The average Bonchev–Trinajstić information content (AvgIpc) is 2.85. The lowest BCUT2D eigenvalue weighted by Gasteiger charge is -2.17. The van der Waals surface area contributed by atoms with Crippen molar-refractivity contribution >= 4 is 11.9 Å². The molecule has 7 nitrogen and oxygen atoms in total. The molecule has 1 N–H and O–H groups in total. The van der Waals surface area contributed by atoms with Crippen LogP contribution >= 0.6 is 0 Å². The first-order valence-electron chi connectivity index (χ1n) is 12.0. The zero-order valence-corrected chi connectivity index (χ0v) is 20.2. The highest BCUT2D eigenvalue weighted by Gasteiger charge is 2.23. The van der Waals surface area contributed by atoms with Crippen LogP contribution < -0.4 is 9.47 Å². The number of aliphatic hydroxyl groups is 1. The van der Waals surface area contributed by atoms with Gasteiger partial charge in [0.1, 0.15) is 29.2 Å². The molecule has 0 aliphatic carbocycles. The Bertz CT molecular complexity index is 880. The van der Waals surface area contributed by atoms with Gasteiger partial charge in [-0.3, -0.25) is 0 Å². The highest BCUT2D eigenvalue weighted by molar-refractivity contribution is 5.98. The highest BCUT2D eigenvalue weighted by atomic mass is 16.5. The largest absolute Gasteiger partial charge is 0.493 e. The summed E-state index contributed by atoms with van der Waals surface area (Å²) in [6.45, 7) is 4.75. The van der Waals surface area contributed by atoms with Crippen LogP contribution in [0.1, 0.15) is 78.7 Å². The zero-order chi connectivity index (χ0) is 24.6. The van der Waals surface area contributed by atoms with E-state index in [4.69, 9.17) is 24.1 Å². The number of rotatable bonds is 16. The van der Waals surface area contributed by atoms with Crippen molar-refractivity contribution in [1.29, 1.82) is 0 Å². The van der Waals surface area contributed by atoms with E-state index < -0.39 is 11.9 Å². The third-order valence-electron chi connectivity index (χ3n) is 5.12. The SMILES string of the molecule is CCOC(=O)c1cc(OCc2ccccc2)c(C(=O)OCC)cc1OCCCCCCCCO. The Labute approximate surface area is 202 Å². The van der Waals surface area contributed by atoms with Crippen molar-refractivity contribution in [3.8, 4) is 11.5 Å². The Balaban J connectivity index is 2.19. The number of aliphatic hydroxyl groups excluding tert-OH is 1. The molecule has 0 bridgehead atoms. The molecule has 0 radical (unpaired) electrons. The number of esters is 2. The predicted molar refractivity (Wildman–Crippen MR) is 129 cm³/mol. The number of hydrogen-bond acceptors (Lipinski definition) is 7. The van der Waals surface area contributed by atoms with E-state index in [0.717, 1.165) is 44.1 Å². The molecule has 2 rings (SSSR count). The summed E-state index contributed by atoms with van der Waals surface area (Å²) in [4.78, 5) is 25.3. The average molecular weight is 473 g/mol. The monoisotopic (exact) mass is 472 g/mol. The summed E-state index contributed by atoms with van der Waals surface area (Å²) in [5.41, 5.74) is 1.33. The van der Waals surface area contributed by atoms with Crippen LogP contribution in [-0.4, -0.2) is 43.5 Å². The number of ether oxygens (including phenoxy) is 4. The maximum absolute atomic E-state index is 12.6. The highest BCUT2D eigenvalue weighted by Crippen LogP contribution is 2.31. The Kier molecular flexibility index (Phi) is 12.6. The minimum atomic E-state index is -0.547. The molecular weight excluding hydrogens is 436 g/mol. The number of carbonyl (C=O) groups excluding carboxylic acids is 2. The number of hydrogen-bond donors (Lipinski definition) is 1. The Morgan fingerprint density at radius 2 is 1.26 bits per heavy atom. The minimum Gasteiger partial charge on any atom is -0.493 e. The molecular formula is C27H36O7. The summed E-state index contributed by atoms with van der Waals surface area (Å²) >= 11 is 0. The maximum Gasteiger partial charge on any atom is 0.342 e. The minimum absolute atomic E-state index is 0.199. The molecule has 186 valence electrons. The van der Waals surface area contributed by atoms with Crippen molar-refractivity contribution < 1.29 is 33.6 Å². The van der Waals surface area contributed by atoms with Gasteiger partial charge in [-0.05, 0) is 44.4 Å². The lowest BCUT2D eigenvalue weighted by molar-refractivity contribution is 0.0502. The summed E-state index contributed by atoms with van der Waals surface area (Å²) < 4.78 is 22.2. The fraction of sp³-hybridized carbons (Fsp3) is 0.481. The van der Waals surface area contributed by atoms with E-state index in [0.29, 0.717) is 6.61 Å². The fourth-order valence-corrected chi connectivity index (χ4v) is 3.37. The molecule has 0 saturated heterocycles. The molecule has 0 heterocycles. The van der Waals surface area contributed by atoms with E-state index in [1.165, 1.54) is 12.1 Å². The lowest BCUT2D eigenvalue weighted by atomic mass is 10.1. The summed E-state index contributed by atoms with van der Waals surface area (Å²) in [6, 6.07) is 12.5. The number of benzene rings is 2. The third-order valence-corrected chi connectivity index (χ3v) is 5.12. The first-order chi connectivity index (χ1) is 16.6. The zero-order valence-electron chi connectivity index (χ0n) is 20.2. The quantitative estimate of drug-likeness (QED) is 0.261. The number of unbranched alkanes of at least 4 members (excludes halogenated alkanes) is 5. The molecule has 0 amide bonds. The first-order valence-corrected chi connectivity index (χ1v) is 12.0. The van der Waals surface area contributed by atoms with Crippen LogP contribution in [0.5, 0.6) is 11.5 Å². The molecule has 34 heavy (non-hydrogen) atoms. The van der Waals surface area contributed by atoms with Gasteiger partial charge in [-0.25, -0.2) is 9.59 Å². The standard InChI is InChI=1S/C27H36O7/c1-3-31-26(29)22-19-25(34-20-21-14-10-9-11-15-21)23(27(30)32-4-2)18-24(22)33-17-13-8-6-5-7-12-16-28/h9-11,14-15,18-19,28H,3-8,12-13,16-17,20H2,1-2H3. The van der Waals surface area contributed by atoms with E-state index in [-0.39, 0.29) is 49.1 Å². The Hall–Kier alpha value is -3.06. The van der Waals surface area contributed by atoms with Gasteiger partial charge in [-0.1, -0.05) is 56.0 Å². The van der Waals surface area contributed by atoms with Gasteiger partial charge < -0.3 is 24.1 Å². The summed E-state index contributed by atoms with van der Waals surface area (Å²) in [5.74, 6) is -0.577. The summed E-state index contributed by atoms with van der Waals surface area (Å²) in [6.07, 6.45) is 5.74. The van der Waals surface area contributed by atoms with Crippen LogP contribution in [0, 0.1) is 0 Å². The van der Waals surface area contributed by atoms with Crippen molar-refractivity contribution in [3.05, 3.63) is 59.2 Å². The molecule has 0 aliphatic rings. The Morgan fingerprint density at radius 3 is 1.82 bits per heavy atom. The van der Waals surface area contributed by atoms with Crippen molar-refractivity contribution in [2.45, 2.75) is 59.0 Å². The molecule has 0 spiro atoms. The first kappa shape index (κ1) is 27.2. The van der Waals surface area contributed by atoms with Gasteiger partial charge in [-0.15, -0.1) is 0 Å². The van der Waals surface area contributed by atoms with Crippen LogP contribution in [0.3, 0.4) is 0 Å². The van der Waals surface area contributed by atoms with Crippen molar-refractivity contribution in [3.63, 3.8) is 0 Å². The third kappa shape index (κ3) is 9.06. The second-order valence-electron chi connectivity index (χ2n) is 7.75. The molecule has 7 heteroatoms. The van der Waals surface area contributed by atoms with E-state index in [9.17, 15) is 9.59 Å². The van der Waals surface area contributed by atoms with Crippen molar-refractivity contribution in [2.75, 3.05) is 26.4 Å². The van der Waals surface area contributed by atoms with E-state index in [2.05, 4.69) is 0 Å². The topological polar surface area (TPSA) is 91.3 Å². The molecule has 0 aliphatic heterocycles. The molecule has 0 aromatic heterocycles. The normalized spacial score (nSPS) is 10.6. The van der Waals surface area contributed by atoms with Gasteiger partial charge in [0.05, 0.1) is 19.8 Å². The fourth-order valence-electron chi connectivity index (χ4n) is 3.37. The summed E-state index contributed by atoms with van der Waals surface area (Å²) in [5, 5.41) is 8.85. The second kappa shape index (κ2) is 15.7. The van der Waals surface area contributed by atoms with Crippen molar-refractivity contribution in [2.24, 2.45) is 0 Å².